The van der Waals surface area contributed by atoms with Gasteiger partial charge in [0.15, 0.2) is 0 Å². The molecule has 0 bridgehead atoms. The molecule has 2 heterocycles. The summed E-state index contributed by atoms with van der Waals surface area (Å²) in [4.78, 5) is 11.0. The number of nitrogens with one attached hydrogen (secondary N) is 1. The number of halogens is 1. The third-order valence-electron chi connectivity index (χ3n) is 3.46. The first-order valence-electron chi connectivity index (χ1n) is 6.48. The van der Waals surface area contributed by atoms with Crippen LogP contribution in [0.25, 0.3) is 10.2 Å². The van der Waals surface area contributed by atoms with Crippen molar-refractivity contribution >= 4 is 39.0 Å². The van der Waals surface area contributed by atoms with Crippen molar-refractivity contribution in [3.05, 3.63) is 16.2 Å². The van der Waals surface area contributed by atoms with E-state index < -0.39 is 0 Å². The molecule has 18 heavy (non-hydrogen) atoms. The quantitative estimate of drug-likeness (QED) is 0.854. The molecule has 5 heteroatoms. The van der Waals surface area contributed by atoms with Gasteiger partial charge in [0.1, 0.15) is 10.6 Å². The third kappa shape index (κ3) is 2.31. The summed E-state index contributed by atoms with van der Waals surface area (Å²) in [5.41, 5.74) is 0. The number of hydrogen-bond acceptors (Lipinski definition) is 4. The van der Waals surface area contributed by atoms with Gasteiger partial charge in [0, 0.05) is 10.9 Å². The van der Waals surface area contributed by atoms with Gasteiger partial charge >= 0.3 is 0 Å². The summed E-state index contributed by atoms with van der Waals surface area (Å²) in [6, 6.07) is 2.73. The molecule has 0 aliphatic heterocycles. The van der Waals surface area contributed by atoms with E-state index in [4.69, 9.17) is 11.6 Å². The highest BCUT2D eigenvalue weighted by atomic mass is 35.5. The van der Waals surface area contributed by atoms with Crippen LogP contribution in [0.15, 0.2) is 6.07 Å². The van der Waals surface area contributed by atoms with Gasteiger partial charge in [-0.1, -0.05) is 19.8 Å². The first kappa shape index (κ1) is 12.2. The van der Waals surface area contributed by atoms with E-state index >= 15 is 0 Å². The first-order chi connectivity index (χ1) is 8.76. The molecule has 3 rings (SSSR count). The van der Waals surface area contributed by atoms with Crippen LogP contribution in [0.1, 0.15) is 37.5 Å². The number of thiophene rings is 1. The highest BCUT2D eigenvalue weighted by Gasteiger charge is 2.18. The van der Waals surface area contributed by atoms with Crippen molar-refractivity contribution in [1.82, 2.24) is 9.97 Å². The Balaban J connectivity index is 2.00. The van der Waals surface area contributed by atoms with Crippen LogP contribution in [-0.2, 0) is 6.42 Å². The fourth-order valence-corrected chi connectivity index (χ4v) is 3.68. The summed E-state index contributed by atoms with van der Waals surface area (Å²) in [5.74, 6) is 0.910. The maximum atomic E-state index is 6.01. The van der Waals surface area contributed by atoms with Gasteiger partial charge < -0.3 is 5.32 Å². The van der Waals surface area contributed by atoms with E-state index in [1.165, 1.54) is 30.6 Å². The highest BCUT2D eigenvalue weighted by molar-refractivity contribution is 7.18. The van der Waals surface area contributed by atoms with Gasteiger partial charge in [-0.15, -0.1) is 11.3 Å². The summed E-state index contributed by atoms with van der Waals surface area (Å²) in [6.45, 7) is 2.16. The summed E-state index contributed by atoms with van der Waals surface area (Å²) < 4.78 is 0. The van der Waals surface area contributed by atoms with Crippen LogP contribution in [0.3, 0.4) is 0 Å². The number of hydrogen-bond donors (Lipinski definition) is 1. The predicted octanol–water partition coefficient (Wildman–Crippen LogP) is 4.26. The van der Waals surface area contributed by atoms with Crippen molar-refractivity contribution in [3.8, 4) is 0 Å². The maximum absolute atomic E-state index is 6.01. The van der Waals surface area contributed by atoms with E-state index in [1.54, 1.807) is 11.3 Å². The van der Waals surface area contributed by atoms with Gasteiger partial charge in [0.25, 0.3) is 0 Å². The molecule has 1 N–H and O–H groups in total. The third-order valence-corrected chi connectivity index (χ3v) is 4.80. The second-order valence-electron chi connectivity index (χ2n) is 4.75. The molecule has 0 radical (unpaired) electrons. The zero-order valence-electron chi connectivity index (χ0n) is 10.4. The van der Waals surface area contributed by atoms with E-state index in [9.17, 15) is 0 Å². The van der Waals surface area contributed by atoms with E-state index in [1.807, 2.05) is 0 Å². The topological polar surface area (TPSA) is 37.8 Å². The molecule has 2 aromatic rings. The van der Waals surface area contributed by atoms with Gasteiger partial charge in [-0.2, -0.15) is 0 Å². The predicted molar refractivity (Wildman–Crippen MR) is 77.7 cm³/mol. The fourth-order valence-electron chi connectivity index (χ4n) is 2.49. The van der Waals surface area contributed by atoms with Crippen molar-refractivity contribution in [2.24, 2.45) is 0 Å². The molecule has 0 aromatic carbocycles. The number of nitrogens with zero attached hydrogens (tertiary/aromatic N) is 2. The van der Waals surface area contributed by atoms with Crippen molar-refractivity contribution in [1.29, 1.82) is 0 Å². The lowest BCUT2D eigenvalue weighted by Crippen LogP contribution is -2.15. The summed E-state index contributed by atoms with van der Waals surface area (Å²) in [5, 5.41) is 4.99. The monoisotopic (exact) mass is 281 g/mol. The molecule has 0 amide bonds. The molecular weight excluding hydrogens is 266 g/mol. The molecule has 0 unspecified atom stereocenters. The van der Waals surface area contributed by atoms with Crippen LogP contribution in [-0.4, -0.2) is 16.0 Å². The lowest BCUT2D eigenvalue weighted by molar-refractivity contribution is 0.751. The van der Waals surface area contributed by atoms with E-state index in [2.05, 4.69) is 28.3 Å². The van der Waals surface area contributed by atoms with Crippen molar-refractivity contribution in [2.45, 2.75) is 45.1 Å². The second-order valence-corrected chi connectivity index (χ2v) is 6.21. The molecule has 0 saturated heterocycles. The molecule has 0 spiro atoms. The lowest BCUT2D eigenvalue weighted by Gasteiger charge is -2.13. The van der Waals surface area contributed by atoms with Crippen LogP contribution in [0.5, 0.6) is 0 Å². The zero-order valence-corrected chi connectivity index (χ0v) is 11.9. The standard InChI is InChI=1S/C13H16ClN3S/c1-2-9-7-10-11(15-8-5-3-4-6-8)16-13(14)17-12(10)18-9/h7-8H,2-6H2,1H3,(H,15,16,17). The molecule has 1 fully saturated rings. The number of fused-ring (bicyclic) bond motifs is 1. The van der Waals surface area contributed by atoms with Crippen LogP contribution in [0.4, 0.5) is 5.82 Å². The Morgan fingerprint density at radius 1 is 1.39 bits per heavy atom. The number of aryl methyl sites for hydroxylation is 1. The summed E-state index contributed by atoms with van der Waals surface area (Å²) >= 11 is 7.71. The molecule has 0 atom stereocenters. The molecular formula is C13H16ClN3S. The van der Waals surface area contributed by atoms with E-state index in [-0.39, 0.29) is 0 Å². The fraction of sp³-hybridized carbons (Fsp3) is 0.538. The zero-order chi connectivity index (χ0) is 12.5. The Kier molecular flexibility index (Phi) is 3.39. The minimum absolute atomic E-state index is 0.340. The molecule has 1 aliphatic rings. The minimum atomic E-state index is 0.340. The summed E-state index contributed by atoms with van der Waals surface area (Å²) in [6.07, 6.45) is 6.11. The average molecular weight is 282 g/mol. The number of rotatable bonds is 3. The highest BCUT2D eigenvalue weighted by Crippen LogP contribution is 2.32. The first-order valence-corrected chi connectivity index (χ1v) is 7.68. The Morgan fingerprint density at radius 3 is 2.89 bits per heavy atom. The smallest absolute Gasteiger partial charge is 0.225 e. The maximum Gasteiger partial charge on any atom is 0.225 e. The summed E-state index contributed by atoms with van der Waals surface area (Å²) in [7, 11) is 0. The van der Waals surface area contributed by atoms with E-state index in [0.717, 1.165) is 22.5 Å². The van der Waals surface area contributed by atoms with Crippen LogP contribution >= 0.6 is 22.9 Å². The van der Waals surface area contributed by atoms with Gasteiger partial charge in [-0.25, -0.2) is 9.97 Å². The SMILES string of the molecule is CCc1cc2c(NC3CCCC3)nc(Cl)nc2s1. The lowest BCUT2D eigenvalue weighted by atomic mass is 10.2. The molecule has 2 aromatic heterocycles. The Morgan fingerprint density at radius 2 is 2.17 bits per heavy atom. The number of aromatic nitrogens is 2. The Bertz CT molecular complexity index is 561. The van der Waals surface area contributed by atoms with Gasteiger partial charge in [0.05, 0.1) is 5.39 Å². The van der Waals surface area contributed by atoms with Crippen LogP contribution in [0.2, 0.25) is 5.28 Å². The molecule has 1 aliphatic carbocycles. The van der Waals surface area contributed by atoms with Crippen molar-refractivity contribution in [2.75, 3.05) is 5.32 Å². The number of anilines is 1. The molecule has 96 valence electrons. The van der Waals surface area contributed by atoms with Gasteiger partial charge in [-0.3, -0.25) is 0 Å². The van der Waals surface area contributed by atoms with Gasteiger partial charge in [0.2, 0.25) is 5.28 Å². The van der Waals surface area contributed by atoms with E-state index in [0.29, 0.717) is 11.3 Å². The Labute approximate surface area is 116 Å². The van der Waals surface area contributed by atoms with Crippen molar-refractivity contribution in [3.63, 3.8) is 0 Å². The van der Waals surface area contributed by atoms with Gasteiger partial charge in [-0.05, 0) is 36.9 Å². The van der Waals surface area contributed by atoms with Crippen LogP contribution < -0.4 is 5.32 Å². The molecule has 3 nitrogen and oxygen atoms in total. The molecule has 1 saturated carbocycles. The largest absolute Gasteiger partial charge is 0.367 e. The van der Waals surface area contributed by atoms with Crippen molar-refractivity contribution < 1.29 is 0 Å². The minimum Gasteiger partial charge on any atom is -0.367 e. The van der Waals surface area contributed by atoms with Crippen LogP contribution in [0, 0.1) is 0 Å². The Hall–Kier alpha value is -0.870. The normalized spacial score (nSPS) is 16.6. The second kappa shape index (κ2) is 5.02. The average Bonchev–Trinajstić information content (AvgIpc) is 2.97.